The number of carbonyl (C=O) groups excluding carboxylic acids is 1. The molecule has 3 aromatic rings. The number of aryl methyl sites for hydroxylation is 2. The number of pyridine rings is 1. The number of rotatable bonds is 6. The summed E-state index contributed by atoms with van der Waals surface area (Å²) in [5, 5.41) is 6.96. The van der Waals surface area contributed by atoms with Crippen LogP contribution in [0.5, 0.6) is 0 Å². The minimum atomic E-state index is -0.179. The Kier molecular flexibility index (Phi) is 5.50. The van der Waals surface area contributed by atoms with Crippen molar-refractivity contribution in [1.82, 2.24) is 30.3 Å². The van der Waals surface area contributed by atoms with Crippen LogP contribution in [0.3, 0.4) is 0 Å². The van der Waals surface area contributed by atoms with Crippen molar-refractivity contribution >= 4 is 6.03 Å². The number of aromatic nitrogens is 4. The molecule has 0 atom stereocenters. The van der Waals surface area contributed by atoms with Crippen LogP contribution in [-0.2, 0) is 25.8 Å². The largest absolute Gasteiger partial charge is 0.359 e. The Morgan fingerprint density at radius 3 is 3.03 bits per heavy atom. The number of carbonyl (C=O) groups is 1. The predicted octanol–water partition coefficient (Wildman–Crippen LogP) is 2.71. The molecule has 0 radical (unpaired) electrons. The highest BCUT2D eigenvalue weighted by atomic mass is 16.5. The molecule has 8 nitrogen and oxygen atoms in total. The molecule has 1 aliphatic rings. The Hall–Kier alpha value is -3.29. The van der Waals surface area contributed by atoms with Gasteiger partial charge in [-0.05, 0) is 43.9 Å². The van der Waals surface area contributed by atoms with Crippen molar-refractivity contribution in [2.75, 3.05) is 13.6 Å². The normalized spacial score (nSPS) is 12.6. The fourth-order valence-corrected chi connectivity index (χ4v) is 3.55. The number of hydrogen-bond donors (Lipinski definition) is 1. The summed E-state index contributed by atoms with van der Waals surface area (Å²) in [6, 6.07) is 5.40. The van der Waals surface area contributed by atoms with Crippen LogP contribution in [-0.4, -0.2) is 44.6 Å². The third-order valence-electron chi connectivity index (χ3n) is 5.07. The molecule has 4 rings (SSSR count). The molecular weight excluding hydrogens is 368 g/mol. The summed E-state index contributed by atoms with van der Waals surface area (Å²) >= 11 is 0. The Morgan fingerprint density at radius 1 is 1.31 bits per heavy atom. The molecular formula is C21H24N6O2. The van der Waals surface area contributed by atoms with Gasteiger partial charge in [-0.2, -0.15) is 0 Å². The Labute approximate surface area is 169 Å². The molecule has 0 saturated heterocycles. The second-order valence-electron chi connectivity index (χ2n) is 7.26. The van der Waals surface area contributed by atoms with E-state index in [2.05, 4.69) is 25.4 Å². The number of nitrogens with one attached hydrogen (secondary N) is 1. The van der Waals surface area contributed by atoms with Crippen LogP contribution in [0.1, 0.15) is 35.0 Å². The second-order valence-corrected chi connectivity index (χ2v) is 7.26. The molecule has 2 amide bonds. The van der Waals surface area contributed by atoms with E-state index in [4.69, 9.17) is 4.52 Å². The molecule has 1 aliphatic carbocycles. The zero-order chi connectivity index (χ0) is 20.2. The molecule has 3 aromatic heterocycles. The van der Waals surface area contributed by atoms with Gasteiger partial charge in [-0.15, -0.1) is 0 Å². The summed E-state index contributed by atoms with van der Waals surface area (Å²) in [7, 11) is 1.72. The Bertz CT molecular complexity index is 1000. The molecule has 1 N–H and O–H groups in total. The number of nitrogens with zero attached hydrogens (tertiary/aromatic N) is 5. The molecule has 0 spiro atoms. The maximum absolute atomic E-state index is 12.4. The molecule has 0 aliphatic heterocycles. The maximum atomic E-state index is 12.4. The van der Waals surface area contributed by atoms with E-state index in [0.29, 0.717) is 31.0 Å². The predicted molar refractivity (Wildman–Crippen MR) is 107 cm³/mol. The summed E-state index contributed by atoms with van der Waals surface area (Å²) in [6.07, 6.45) is 7.30. The first-order valence-electron chi connectivity index (χ1n) is 9.80. The van der Waals surface area contributed by atoms with Gasteiger partial charge in [-0.25, -0.2) is 14.8 Å². The van der Waals surface area contributed by atoms with Crippen LogP contribution in [0.15, 0.2) is 35.1 Å². The topological polar surface area (TPSA) is 97.0 Å². The number of amides is 2. The lowest BCUT2D eigenvalue weighted by molar-refractivity contribution is 0.201. The molecule has 150 valence electrons. The zero-order valence-corrected chi connectivity index (χ0v) is 16.7. The van der Waals surface area contributed by atoms with E-state index < -0.39 is 0 Å². The lowest BCUT2D eigenvalue weighted by atomic mass is 10.2. The summed E-state index contributed by atoms with van der Waals surface area (Å²) in [6.45, 7) is 2.85. The summed E-state index contributed by atoms with van der Waals surface area (Å²) in [5.74, 6) is 1.40. The van der Waals surface area contributed by atoms with E-state index >= 15 is 0 Å². The fourth-order valence-electron chi connectivity index (χ4n) is 3.55. The smallest absolute Gasteiger partial charge is 0.317 e. The molecule has 0 bridgehead atoms. The Morgan fingerprint density at radius 2 is 2.21 bits per heavy atom. The van der Waals surface area contributed by atoms with Crippen molar-refractivity contribution < 1.29 is 9.32 Å². The van der Waals surface area contributed by atoms with Gasteiger partial charge in [0, 0.05) is 55.4 Å². The molecule has 0 saturated carbocycles. The first-order valence-corrected chi connectivity index (χ1v) is 9.80. The summed E-state index contributed by atoms with van der Waals surface area (Å²) in [5.41, 5.74) is 5.12. The van der Waals surface area contributed by atoms with Crippen LogP contribution in [0.2, 0.25) is 0 Å². The monoisotopic (exact) mass is 392 g/mol. The fraction of sp³-hybridized carbons (Fsp3) is 0.381. The highest BCUT2D eigenvalue weighted by Crippen LogP contribution is 2.22. The average molecular weight is 392 g/mol. The summed E-state index contributed by atoms with van der Waals surface area (Å²) < 4.78 is 5.35. The van der Waals surface area contributed by atoms with Gasteiger partial charge >= 0.3 is 6.03 Å². The highest BCUT2D eigenvalue weighted by molar-refractivity contribution is 5.73. The van der Waals surface area contributed by atoms with Gasteiger partial charge in [0.1, 0.15) is 11.5 Å². The molecule has 0 fully saturated rings. The van der Waals surface area contributed by atoms with Crippen LogP contribution >= 0.6 is 0 Å². The van der Waals surface area contributed by atoms with Crippen LogP contribution in [0, 0.1) is 6.92 Å². The third kappa shape index (κ3) is 4.42. The zero-order valence-electron chi connectivity index (χ0n) is 16.7. The van der Waals surface area contributed by atoms with Gasteiger partial charge in [0.25, 0.3) is 0 Å². The quantitative estimate of drug-likeness (QED) is 0.693. The molecule has 8 heteroatoms. The van der Waals surface area contributed by atoms with E-state index in [-0.39, 0.29) is 6.03 Å². The third-order valence-corrected chi connectivity index (χ3v) is 5.07. The molecule has 0 aromatic carbocycles. The van der Waals surface area contributed by atoms with E-state index in [1.807, 2.05) is 25.1 Å². The first-order chi connectivity index (χ1) is 14.1. The van der Waals surface area contributed by atoms with E-state index in [9.17, 15) is 4.79 Å². The number of fused-ring (bicyclic) bond motifs is 1. The van der Waals surface area contributed by atoms with Gasteiger partial charge in [0.15, 0.2) is 5.76 Å². The van der Waals surface area contributed by atoms with Crippen molar-refractivity contribution in [1.29, 1.82) is 0 Å². The average Bonchev–Trinajstić information content (AvgIpc) is 3.38. The van der Waals surface area contributed by atoms with Crippen LogP contribution in [0.25, 0.3) is 11.3 Å². The van der Waals surface area contributed by atoms with Crippen molar-refractivity contribution in [3.8, 4) is 11.3 Å². The second kappa shape index (κ2) is 8.38. The van der Waals surface area contributed by atoms with Crippen molar-refractivity contribution in [3.63, 3.8) is 0 Å². The maximum Gasteiger partial charge on any atom is 0.317 e. The lowest BCUT2D eigenvalue weighted by Gasteiger charge is -2.16. The Balaban J connectivity index is 1.28. The van der Waals surface area contributed by atoms with Gasteiger partial charge in [-0.3, -0.25) is 4.98 Å². The van der Waals surface area contributed by atoms with Gasteiger partial charge in [0.05, 0.1) is 6.54 Å². The minimum Gasteiger partial charge on any atom is -0.359 e. The van der Waals surface area contributed by atoms with Gasteiger partial charge in [0.2, 0.25) is 0 Å². The van der Waals surface area contributed by atoms with E-state index in [1.165, 1.54) is 11.3 Å². The van der Waals surface area contributed by atoms with Crippen molar-refractivity contribution in [2.24, 2.45) is 0 Å². The molecule has 29 heavy (non-hydrogen) atoms. The van der Waals surface area contributed by atoms with Crippen molar-refractivity contribution in [2.45, 2.75) is 39.2 Å². The number of urea groups is 1. The molecule has 3 heterocycles. The first kappa shape index (κ1) is 19.0. The van der Waals surface area contributed by atoms with Crippen LogP contribution < -0.4 is 5.32 Å². The standard InChI is InChI=1S/C21H24N6O2/c1-14-17-6-3-7-18(17)25-20(24-14)8-10-23-21(28)27(2)13-16-11-19(26-29-16)15-5-4-9-22-12-15/h4-5,9,11-12H,3,6-8,10,13H2,1-2H3,(H,23,28). The number of hydrogen-bond acceptors (Lipinski definition) is 6. The highest BCUT2D eigenvalue weighted by Gasteiger charge is 2.17. The van der Waals surface area contributed by atoms with Crippen molar-refractivity contribution in [3.05, 3.63) is 59.1 Å². The minimum absolute atomic E-state index is 0.179. The van der Waals surface area contributed by atoms with Gasteiger partial charge in [-0.1, -0.05) is 5.16 Å². The summed E-state index contributed by atoms with van der Waals surface area (Å²) in [4.78, 5) is 27.2. The van der Waals surface area contributed by atoms with Gasteiger partial charge < -0.3 is 14.7 Å². The SMILES string of the molecule is Cc1nc(CCNC(=O)N(C)Cc2cc(-c3cccnc3)no2)nc2c1CCC2. The lowest BCUT2D eigenvalue weighted by Crippen LogP contribution is -2.37. The molecule has 0 unspecified atom stereocenters. The van der Waals surface area contributed by atoms with E-state index in [0.717, 1.165) is 36.3 Å². The van der Waals surface area contributed by atoms with Crippen LogP contribution in [0.4, 0.5) is 4.79 Å². The van der Waals surface area contributed by atoms with E-state index in [1.54, 1.807) is 24.3 Å².